The van der Waals surface area contributed by atoms with E-state index in [0.29, 0.717) is 35.3 Å². The first kappa shape index (κ1) is 24.5. The summed E-state index contributed by atoms with van der Waals surface area (Å²) in [5.74, 6) is 2.48. The molecule has 1 amide bonds. The number of nitrogens with zero attached hydrogens (tertiary/aromatic N) is 1. The summed E-state index contributed by atoms with van der Waals surface area (Å²) in [6.45, 7) is 4.33. The molecule has 1 N–H and O–H groups in total. The van der Waals surface area contributed by atoms with Crippen molar-refractivity contribution >= 4 is 23.7 Å². The third-order valence-electron chi connectivity index (χ3n) is 5.81. The molecule has 0 radical (unpaired) electrons. The maximum atomic E-state index is 12.9. The number of rotatable bonds is 9. The number of hydrogen-bond donors (Lipinski definition) is 1. The Morgan fingerprint density at radius 1 is 0.970 bits per heavy atom. The van der Waals surface area contributed by atoms with Crippen LogP contribution in [-0.2, 0) is 4.79 Å². The molecule has 0 unspecified atom stereocenters. The van der Waals surface area contributed by atoms with Crippen molar-refractivity contribution in [2.45, 2.75) is 19.8 Å². The molecule has 2 aromatic carbocycles. The van der Waals surface area contributed by atoms with E-state index in [1.165, 1.54) is 0 Å². The van der Waals surface area contributed by atoms with Gasteiger partial charge in [0.05, 0.1) is 33.6 Å². The highest BCUT2D eigenvalue weighted by atomic mass is 16.5. The van der Waals surface area contributed by atoms with Gasteiger partial charge in [-0.05, 0) is 75.3 Å². The van der Waals surface area contributed by atoms with E-state index in [-0.39, 0.29) is 11.8 Å². The number of hydrogen-bond acceptors (Lipinski definition) is 6. The maximum absolute atomic E-state index is 12.9. The Hall–Kier alpha value is -3.19. The third kappa shape index (κ3) is 6.20. The van der Waals surface area contributed by atoms with E-state index in [9.17, 15) is 4.79 Å². The van der Waals surface area contributed by atoms with Gasteiger partial charge in [0.15, 0.2) is 11.5 Å². The van der Waals surface area contributed by atoms with E-state index in [2.05, 4.69) is 17.3 Å². The number of methoxy groups -OCH3 is 3. The third-order valence-corrected chi connectivity index (χ3v) is 5.81. The summed E-state index contributed by atoms with van der Waals surface area (Å²) in [5, 5.41) is 3.10. The fraction of sp³-hybridized carbons (Fsp3) is 0.423. The molecule has 7 heteroatoms. The second-order valence-corrected chi connectivity index (χ2v) is 8.05. The maximum Gasteiger partial charge on any atom is 0.227 e. The zero-order chi connectivity index (χ0) is 23.8. The SMILES string of the molecule is CCOc1ccc(/C=C\c2cc(OC)c(OC)c(OC)c2)cc1NC(=O)C1CCN(C)CC1. The molecule has 0 aliphatic carbocycles. The van der Waals surface area contributed by atoms with Crippen LogP contribution in [0.1, 0.15) is 30.9 Å². The van der Waals surface area contributed by atoms with Crippen molar-refractivity contribution in [3.05, 3.63) is 41.5 Å². The van der Waals surface area contributed by atoms with Crippen molar-refractivity contribution < 1.29 is 23.7 Å². The molecule has 2 aromatic rings. The molecule has 1 saturated heterocycles. The van der Waals surface area contributed by atoms with Crippen LogP contribution >= 0.6 is 0 Å². The topological polar surface area (TPSA) is 69.3 Å². The van der Waals surface area contributed by atoms with Gasteiger partial charge in [-0.15, -0.1) is 0 Å². The lowest BCUT2D eigenvalue weighted by Crippen LogP contribution is -2.36. The largest absolute Gasteiger partial charge is 0.493 e. The summed E-state index contributed by atoms with van der Waals surface area (Å²) in [6.07, 6.45) is 5.67. The molecular weight excluding hydrogens is 420 g/mol. The highest BCUT2D eigenvalue weighted by molar-refractivity contribution is 5.94. The van der Waals surface area contributed by atoms with E-state index in [4.69, 9.17) is 18.9 Å². The summed E-state index contributed by atoms with van der Waals surface area (Å²) < 4.78 is 22.0. The minimum absolute atomic E-state index is 0.0223. The Kier molecular flexibility index (Phi) is 8.60. The van der Waals surface area contributed by atoms with Gasteiger partial charge in [0, 0.05) is 5.92 Å². The predicted octanol–water partition coefficient (Wildman–Crippen LogP) is 4.56. The number of likely N-dealkylation sites (tertiary alicyclic amines) is 1. The molecule has 7 nitrogen and oxygen atoms in total. The monoisotopic (exact) mass is 454 g/mol. The lowest BCUT2D eigenvalue weighted by atomic mass is 9.96. The number of benzene rings is 2. The fourth-order valence-corrected chi connectivity index (χ4v) is 3.93. The number of ether oxygens (including phenoxy) is 4. The van der Waals surface area contributed by atoms with Gasteiger partial charge in [-0.1, -0.05) is 18.2 Å². The van der Waals surface area contributed by atoms with E-state index < -0.39 is 0 Å². The molecule has 0 saturated carbocycles. The quantitative estimate of drug-likeness (QED) is 0.560. The first-order valence-electron chi connectivity index (χ1n) is 11.2. The Balaban J connectivity index is 1.83. The van der Waals surface area contributed by atoms with Gasteiger partial charge in [0.25, 0.3) is 0 Å². The average Bonchev–Trinajstić information content (AvgIpc) is 2.83. The molecule has 33 heavy (non-hydrogen) atoms. The fourth-order valence-electron chi connectivity index (χ4n) is 3.93. The average molecular weight is 455 g/mol. The van der Waals surface area contributed by atoms with Crippen LogP contribution in [0.2, 0.25) is 0 Å². The predicted molar refractivity (Wildman–Crippen MR) is 131 cm³/mol. The van der Waals surface area contributed by atoms with Gasteiger partial charge in [-0.3, -0.25) is 4.79 Å². The molecule has 0 atom stereocenters. The van der Waals surface area contributed by atoms with Gasteiger partial charge in [0.2, 0.25) is 11.7 Å². The van der Waals surface area contributed by atoms with Crippen LogP contribution in [0.3, 0.4) is 0 Å². The molecule has 3 rings (SSSR count). The molecular formula is C26H34N2O5. The van der Waals surface area contributed by atoms with Gasteiger partial charge in [-0.25, -0.2) is 0 Å². The van der Waals surface area contributed by atoms with E-state index in [0.717, 1.165) is 37.1 Å². The Bertz CT molecular complexity index is 956. The van der Waals surface area contributed by atoms with Crippen molar-refractivity contribution in [3.63, 3.8) is 0 Å². The number of piperidine rings is 1. The first-order chi connectivity index (χ1) is 16.0. The summed E-state index contributed by atoms with van der Waals surface area (Å²) in [5.41, 5.74) is 2.52. The van der Waals surface area contributed by atoms with Crippen molar-refractivity contribution in [3.8, 4) is 23.0 Å². The lowest BCUT2D eigenvalue weighted by Gasteiger charge is -2.28. The highest BCUT2D eigenvalue weighted by Crippen LogP contribution is 2.38. The molecule has 0 aromatic heterocycles. The van der Waals surface area contributed by atoms with Gasteiger partial charge < -0.3 is 29.2 Å². The standard InChI is InChI=1S/C26H34N2O5/c1-6-33-22-10-9-18(15-21(22)27-26(29)20-11-13-28(2)14-12-20)7-8-19-16-23(30-3)25(32-5)24(17-19)31-4/h7-10,15-17,20H,6,11-14H2,1-5H3,(H,27,29)/b8-7-. The van der Waals surface area contributed by atoms with Crippen LogP contribution < -0.4 is 24.3 Å². The van der Waals surface area contributed by atoms with Gasteiger partial charge in [-0.2, -0.15) is 0 Å². The molecule has 1 heterocycles. The van der Waals surface area contributed by atoms with Crippen molar-refractivity contribution in [2.24, 2.45) is 5.92 Å². The molecule has 1 aliphatic rings. The molecule has 1 aliphatic heterocycles. The molecule has 0 spiro atoms. The minimum atomic E-state index is 0.0223. The highest BCUT2D eigenvalue weighted by Gasteiger charge is 2.24. The van der Waals surface area contributed by atoms with E-state index in [1.807, 2.05) is 49.4 Å². The second-order valence-electron chi connectivity index (χ2n) is 8.05. The zero-order valence-electron chi connectivity index (χ0n) is 20.1. The van der Waals surface area contributed by atoms with Gasteiger partial charge >= 0.3 is 0 Å². The number of anilines is 1. The van der Waals surface area contributed by atoms with Crippen LogP contribution in [0.5, 0.6) is 23.0 Å². The number of amides is 1. The van der Waals surface area contributed by atoms with Crippen LogP contribution in [-0.4, -0.2) is 58.9 Å². The van der Waals surface area contributed by atoms with E-state index in [1.54, 1.807) is 21.3 Å². The van der Waals surface area contributed by atoms with E-state index >= 15 is 0 Å². The zero-order valence-corrected chi connectivity index (χ0v) is 20.1. The summed E-state index contributed by atoms with van der Waals surface area (Å²) in [7, 11) is 6.86. The summed E-state index contributed by atoms with van der Waals surface area (Å²) >= 11 is 0. The Morgan fingerprint density at radius 2 is 1.61 bits per heavy atom. The first-order valence-corrected chi connectivity index (χ1v) is 11.2. The number of carbonyl (C=O) groups excluding carboxylic acids is 1. The van der Waals surface area contributed by atoms with Crippen LogP contribution in [0.15, 0.2) is 30.3 Å². The van der Waals surface area contributed by atoms with Crippen molar-refractivity contribution in [1.82, 2.24) is 4.90 Å². The van der Waals surface area contributed by atoms with Crippen LogP contribution in [0, 0.1) is 5.92 Å². The smallest absolute Gasteiger partial charge is 0.227 e. The van der Waals surface area contributed by atoms with Crippen molar-refractivity contribution in [1.29, 1.82) is 0 Å². The second kappa shape index (κ2) is 11.6. The Morgan fingerprint density at radius 3 is 2.18 bits per heavy atom. The minimum Gasteiger partial charge on any atom is -0.493 e. The van der Waals surface area contributed by atoms with Crippen molar-refractivity contribution in [2.75, 3.05) is 53.4 Å². The van der Waals surface area contributed by atoms with Crippen LogP contribution in [0.4, 0.5) is 5.69 Å². The molecule has 178 valence electrons. The lowest BCUT2D eigenvalue weighted by molar-refractivity contribution is -0.121. The van der Waals surface area contributed by atoms with Gasteiger partial charge in [0.1, 0.15) is 5.75 Å². The Labute approximate surface area is 196 Å². The summed E-state index contributed by atoms with van der Waals surface area (Å²) in [6, 6.07) is 9.56. The summed E-state index contributed by atoms with van der Waals surface area (Å²) in [4.78, 5) is 15.1. The normalized spacial score (nSPS) is 14.8. The molecule has 1 fully saturated rings. The van der Waals surface area contributed by atoms with Crippen LogP contribution in [0.25, 0.3) is 12.2 Å². The molecule has 0 bridgehead atoms. The number of carbonyl (C=O) groups is 1. The number of nitrogens with one attached hydrogen (secondary N) is 1.